The van der Waals surface area contributed by atoms with Gasteiger partial charge >= 0.3 is 0 Å². The fraction of sp³-hybridized carbons (Fsp3) is 0.111. The van der Waals surface area contributed by atoms with Gasteiger partial charge < -0.3 is 10.6 Å². The topological polar surface area (TPSA) is 49.8 Å². The van der Waals surface area contributed by atoms with E-state index in [-0.39, 0.29) is 0 Å². The van der Waals surface area contributed by atoms with E-state index in [4.69, 9.17) is 11.6 Å². The van der Waals surface area contributed by atoms with Crippen molar-refractivity contribution in [1.29, 1.82) is 0 Å². The molecule has 0 unspecified atom stereocenters. The molecule has 0 atom stereocenters. The predicted octanol–water partition coefficient (Wildman–Crippen LogP) is 4.79. The van der Waals surface area contributed by atoms with Gasteiger partial charge in [-0.05, 0) is 36.8 Å². The smallest absolute Gasteiger partial charge is 0.229 e. The number of aromatic nitrogens is 2. The Morgan fingerprint density at radius 3 is 2.65 bits per heavy atom. The molecular formula is C18H17ClN4. The van der Waals surface area contributed by atoms with Crippen LogP contribution in [-0.2, 0) is 6.54 Å². The van der Waals surface area contributed by atoms with Crippen LogP contribution in [0.5, 0.6) is 0 Å². The SMILES string of the molecule is Cc1cnc(Nc2ccccc2)nc1NCc1cccc(Cl)c1. The highest BCUT2D eigenvalue weighted by Gasteiger charge is 2.04. The zero-order chi connectivity index (χ0) is 16.1. The average molecular weight is 325 g/mol. The molecule has 5 heteroatoms. The molecule has 0 radical (unpaired) electrons. The van der Waals surface area contributed by atoms with Gasteiger partial charge in [-0.15, -0.1) is 0 Å². The third-order valence-corrected chi connectivity index (χ3v) is 3.59. The van der Waals surface area contributed by atoms with Crippen molar-refractivity contribution in [2.75, 3.05) is 10.6 Å². The van der Waals surface area contributed by atoms with E-state index in [2.05, 4.69) is 20.6 Å². The third-order valence-electron chi connectivity index (χ3n) is 3.35. The van der Waals surface area contributed by atoms with Crippen LogP contribution >= 0.6 is 11.6 Å². The summed E-state index contributed by atoms with van der Waals surface area (Å²) in [7, 11) is 0. The van der Waals surface area contributed by atoms with Crippen LogP contribution in [0.15, 0.2) is 60.8 Å². The molecule has 0 fully saturated rings. The second-order valence-electron chi connectivity index (χ2n) is 5.20. The first-order valence-corrected chi connectivity index (χ1v) is 7.72. The summed E-state index contributed by atoms with van der Waals surface area (Å²) in [6, 6.07) is 17.6. The highest BCUT2D eigenvalue weighted by Crippen LogP contribution is 2.18. The Morgan fingerprint density at radius 2 is 1.87 bits per heavy atom. The molecule has 0 aliphatic heterocycles. The summed E-state index contributed by atoms with van der Waals surface area (Å²) in [5, 5.41) is 7.26. The lowest BCUT2D eigenvalue weighted by Gasteiger charge is -2.11. The standard InChI is InChI=1S/C18H17ClN4/c1-13-11-21-18(22-16-8-3-2-4-9-16)23-17(13)20-12-14-6-5-7-15(19)10-14/h2-11H,12H2,1H3,(H2,20,21,22,23). The fourth-order valence-corrected chi connectivity index (χ4v) is 2.38. The number of aryl methyl sites for hydroxylation is 1. The van der Waals surface area contributed by atoms with Crippen molar-refractivity contribution in [2.45, 2.75) is 13.5 Å². The van der Waals surface area contributed by atoms with Gasteiger partial charge in [-0.25, -0.2) is 4.98 Å². The number of nitrogens with one attached hydrogen (secondary N) is 2. The largest absolute Gasteiger partial charge is 0.366 e. The molecular weight excluding hydrogens is 308 g/mol. The second-order valence-corrected chi connectivity index (χ2v) is 5.64. The lowest BCUT2D eigenvalue weighted by atomic mass is 10.2. The maximum Gasteiger partial charge on any atom is 0.229 e. The van der Waals surface area contributed by atoms with Crippen LogP contribution in [0.4, 0.5) is 17.5 Å². The lowest BCUT2D eigenvalue weighted by Crippen LogP contribution is -2.06. The molecule has 3 rings (SSSR count). The van der Waals surface area contributed by atoms with Crippen molar-refractivity contribution in [1.82, 2.24) is 9.97 Å². The highest BCUT2D eigenvalue weighted by atomic mass is 35.5. The molecule has 0 bridgehead atoms. The van der Waals surface area contributed by atoms with Gasteiger partial charge in [0.15, 0.2) is 0 Å². The van der Waals surface area contributed by atoms with Crippen molar-refractivity contribution >= 4 is 29.1 Å². The van der Waals surface area contributed by atoms with Gasteiger partial charge in [-0.1, -0.05) is 41.9 Å². The summed E-state index contributed by atoms with van der Waals surface area (Å²) >= 11 is 6.01. The number of halogens is 1. The Bertz CT molecular complexity index is 790. The second kappa shape index (κ2) is 7.11. The summed E-state index contributed by atoms with van der Waals surface area (Å²) in [5.74, 6) is 1.37. The zero-order valence-electron chi connectivity index (χ0n) is 12.8. The minimum absolute atomic E-state index is 0.565. The lowest BCUT2D eigenvalue weighted by molar-refractivity contribution is 1.06. The van der Waals surface area contributed by atoms with Crippen molar-refractivity contribution < 1.29 is 0 Å². The molecule has 1 heterocycles. The monoisotopic (exact) mass is 324 g/mol. The Labute approximate surface area is 140 Å². The molecule has 0 aliphatic rings. The van der Waals surface area contributed by atoms with Gasteiger partial charge in [-0.2, -0.15) is 4.98 Å². The normalized spacial score (nSPS) is 10.3. The molecule has 0 amide bonds. The number of benzene rings is 2. The van der Waals surface area contributed by atoms with E-state index in [1.54, 1.807) is 6.20 Å². The van der Waals surface area contributed by atoms with Gasteiger partial charge in [-0.3, -0.25) is 0 Å². The first kappa shape index (κ1) is 15.3. The molecule has 0 aliphatic carbocycles. The Kier molecular flexibility index (Phi) is 4.74. The van der Waals surface area contributed by atoms with E-state index in [0.29, 0.717) is 12.5 Å². The average Bonchev–Trinajstić information content (AvgIpc) is 2.56. The van der Waals surface area contributed by atoms with Crippen molar-refractivity contribution in [2.24, 2.45) is 0 Å². The fourth-order valence-electron chi connectivity index (χ4n) is 2.16. The first-order chi connectivity index (χ1) is 11.2. The van der Waals surface area contributed by atoms with Gasteiger partial charge in [0, 0.05) is 29.0 Å². The summed E-state index contributed by atoms with van der Waals surface area (Å²) < 4.78 is 0. The number of para-hydroxylation sites is 1. The number of anilines is 3. The van der Waals surface area contributed by atoms with Crippen molar-refractivity contribution in [3.05, 3.63) is 76.9 Å². The minimum Gasteiger partial charge on any atom is -0.366 e. The Hall–Kier alpha value is -2.59. The highest BCUT2D eigenvalue weighted by molar-refractivity contribution is 6.30. The molecule has 23 heavy (non-hydrogen) atoms. The maximum atomic E-state index is 6.01. The summed E-state index contributed by atoms with van der Waals surface area (Å²) in [6.45, 7) is 2.63. The molecule has 2 aromatic carbocycles. The van der Waals surface area contributed by atoms with Crippen molar-refractivity contribution in [3.63, 3.8) is 0 Å². The zero-order valence-corrected chi connectivity index (χ0v) is 13.5. The summed E-state index contributed by atoms with van der Waals surface area (Å²) in [6.07, 6.45) is 1.80. The van der Waals surface area contributed by atoms with Crippen LogP contribution in [0.25, 0.3) is 0 Å². The van der Waals surface area contributed by atoms with Gasteiger partial charge in [0.2, 0.25) is 5.95 Å². The van der Waals surface area contributed by atoms with Crippen molar-refractivity contribution in [3.8, 4) is 0 Å². The van der Waals surface area contributed by atoms with E-state index in [1.807, 2.05) is 61.5 Å². The van der Waals surface area contributed by atoms with Gasteiger partial charge in [0.25, 0.3) is 0 Å². The van der Waals surface area contributed by atoms with E-state index in [1.165, 1.54) is 0 Å². The Morgan fingerprint density at radius 1 is 1.04 bits per heavy atom. The quantitative estimate of drug-likeness (QED) is 0.708. The molecule has 0 saturated carbocycles. The molecule has 0 saturated heterocycles. The van der Waals surface area contributed by atoms with E-state index < -0.39 is 0 Å². The number of rotatable bonds is 5. The molecule has 1 aromatic heterocycles. The van der Waals surface area contributed by atoms with Crippen LogP contribution in [0.2, 0.25) is 5.02 Å². The van der Waals surface area contributed by atoms with Crippen LogP contribution in [0, 0.1) is 6.92 Å². The maximum absolute atomic E-state index is 6.01. The molecule has 116 valence electrons. The van der Waals surface area contributed by atoms with Crippen LogP contribution in [-0.4, -0.2) is 9.97 Å². The molecule has 2 N–H and O–H groups in total. The van der Waals surface area contributed by atoms with Crippen LogP contribution in [0.1, 0.15) is 11.1 Å². The molecule has 0 spiro atoms. The van der Waals surface area contributed by atoms with Crippen LogP contribution in [0.3, 0.4) is 0 Å². The molecule has 3 aromatic rings. The Balaban J connectivity index is 1.73. The van der Waals surface area contributed by atoms with Gasteiger partial charge in [0.05, 0.1) is 0 Å². The molecule has 4 nitrogen and oxygen atoms in total. The van der Waals surface area contributed by atoms with Crippen LogP contribution < -0.4 is 10.6 Å². The minimum atomic E-state index is 0.565. The van der Waals surface area contributed by atoms with E-state index >= 15 is 0 Å². The number of hydrogen-bond donors (Lipinski definition) is 2. The number of nitrogens with zero attached hydrogens (tertiary/aromatic N) is 2. The number of hydrogen-bond acceptors (Lipinski definition) is 4. The first-order valence-electron chi connectivity index (χ1n) is 7.35. The third kappa shape index (κ3) is 4.20. The van der Waals surface area contributed by atoms with E-state index in [0.717, 1.165) is 27.7 Å². The predicted molar refractivity (Wildman–Crippen MR) is 95.3 cm³/mol. The summed E-state index contributed by atoms with van der Waals surface area (Å²) in [4.78, 5) is 8.86. The summed E-state index contributed by atoms with van der Waals surface area (Å²) in [5.41, 5.74) is 3.05. The van der Waals surface area contributed by atoms with E-state index in [9.17, 15) is 0 Å². The van der Waals surface area contributed by atoms with Gasteiger partial charge in [0.1, 0.15) is 5.82 Å².